The molecule has 2 fully saturated rings. The van der Waals surface area contributed by atoms with Crippen LogP contribution in [0.5, 0.6) is 0 Å². The minimum absolute atomic E-state index is 0.890. The molecule has 0 amide bonds. The maximum Gasteiger partial charge on any atom is 0.0113 e. The van der Waals surface area contributed by atoms with Gasteiger partial charge in [-0.3, -0.25) is 4.90 Å². The first-order chi connectivity index (χ1) is 5.27. The number of nitrogens with zero attached hydrogens (tertiary/aromatic N) is 1. The number of hydrogen-bond acceptors (Lipinski definition) is 1. The Labute approximate surface area is 69.8 Å². The zero-order valence-corrected chi connectivity index (χ0v) is 7.71. The maximum absolute atomic E-state index is 2.72. The van der Waals surface area contributed by atoms with Crippen molar-refractivity contribution in [2.75, 3.05) is 6.54 Å². The van der Waals surface area contributed by atoms with Gasteiger partial charge in [-0.25, -0.2) is 0 Å². The molecule has 0 bridgehead atoms. The number of hydrogen-bond donors (Lipinski definition) is 0. The summed E-state index contributed by atoms with van der Waals surface area (Å²) in [6, 6.07) is 1.97. The van der Waals surface area contributed by atoms with Gasteiger partial charge in [0.15, 0.2) is 0 Å². The smallest absolute Gasteiger partial charge is 0.0113 e. The molecule has 1 unspecified atom stereocenters. The molecule has 2 aliphatic rings. The van der Waals surface area contributed by atoms with Crippen molar-refractivity contribution in [3.05, 3.63) is 0 Å². The molecule has 1 heterocycles. The molecule has 1 saturated heterocycles. The van der Waals surface area contributed by atoms with E-state index >= 15 is 0 Å². The van der Waals surface area contributed by atoms with Crippen molar-refractivity contribution in [3.63, 3.8) is 0 Å². The Kier molecular flexibility index (Phi) is 1.92. The molecule has 0 aromatic rings. The van der Waals surface area contributed by atoms with Crippen LogP contribution in [-0.4, -0.2) is 23.5 Å². The van der Waals surface area contributed by atoms with E-state index in [9.17, 15) is 0 Å². The summed E-state index contributed by atoms with van der Waals surface area (Å²) in [6.07, 6.45) is 5.86. The topological polar surface area (TPSA) is 3.24 Å². The first-order valence-corrected chi connectivity index (χ1v) is 5.03. The van der Waals surface area contributed by atoms with Gasteiger partial charge in [0.2, 0.25) is 0 Å². The van der Waals surface area contributed by atoms with Crippen molar-refractivity contribution in [2.24, 2.45) is 5.92 Å². The van der Waals surface area contributed by atoms with Crippen LogP contribution in [0, 0.1) is 5.92 Å². The molecule has 0 aromatic heterocycles. The summed E-state index contributed by atoms with van der Waals surface area (Å²) in [7, 11) is 0. The standard InChI is InChI=1S/C10H19N/c1-8(2)7-10-5-6-11(10)9-3-4-9/h8-10H,3-7H2,1-2H3. The summed E-state index contributed by atoms with van der Waals surface area (Å²) in [6.45, 7) is 6.06. The van der Waals surface area contributed by atoms with Crippen LogP contribution in [-0.2, 0) is 0 Å². The van der Waals surface area contributed by atoms with Crippen molar-refractivity contribution in [1.29, 1.82) is 0 Å². The lowest BCUT2D eigenvalue weighted by Crippen LogP contribution is -2.49. The van der Waals surface area contributed by atoms with Gasteiger partial charge in [-0.2, -0.15) is 0 Å². The summed E-state index contributed by atoms with van der Waals surface area (Å²) in [5.74, 6) is 0.890. The SMILES string of the molecule is CC(C)CC1CCN1C1CC1. The fraction of sp³-hybridized carbons (Fsp3) is 1.00. The second-order valence-corrected chi connectivity index (χ2v) is 4.54. The Balaban J connectivity index is 1.76. The fourth-order valence-electron chi connectivity index (χ4n) is 2.15. The van der Waals surface area contributed by atoms with Crippen LogP contribution in [0.3, 0.4) is 0 Å². The van der Waals surface area contributed by atoms with Gasteiger partial charge in [-0.15, -0.1) is 0 Å². The molecule has 1 aliphatic heterocycles. The van der Waals surface area contributed by atoms with E-state index in [1.165, 1.54) is 32.2 Å². The molecule has 1 aliphatic carbocycles. The average molecular weight is 153 g/mol. The minimum Gasteiger partial charge on any atom is -0.297 e. The van der Waals surface area contributed by atoms with E-state index in [1.807, 2.05) is 0 Å². The molecule has 2 rings (SSSR count). The van der Waals surface area contributed by atoms with Crippen LogP contribution in [0.25, 0.3) is 0 Å². The van der Waals surface area contributed by atoms with E-state index in [0.29, 0.717) is 0 Å². The Hall–Kier alpha value is -0.0400. The molecule has 0 aromatic carbocycles. The number of rotatable bonds is 3. The normalized spacial score (nSPS) is 32.5. The van der Waals surface area contributed by atoms with Crippen molar-refractivity contribution >= 4 is 0 Å². The Bertz CT molecular complexity index is 138. The average Bonchev–Trinajstić information content (AvgIpc) is 2.64. The van der Waals surface area contributed by atoms with Crippen LogP contribution in [0.15, 0.2) is 0 Å². The predicted octanol–water partition coefficient (Wildman–Crippen LogP) is 2.27. The highest BCUT2D eigenvalue weighted by Crippen LogP contribution is 2.36. The largest absolute Gasteiger partial charge is 0.297 e. The monoisotopic (exact) mass is 153 g/mol. The van der Waals surface area contributed by atoms with E-state index in [4.69, 9.17) is 0 Å². The minimum atomic E-state index is 0.890. The van der Waals surface area contributed by atoms with E-state index in [1.54, 1.807) is 0 Å². The van der Waals surface area contributed by atoms with Crippen LogP contribution >= 0.6 is 0 Å². The van der Waals surface area contributed by atoms with Crippen molar-refractivity contribution in [2.45, 2.75) is 51.6 Å². The molecule has 0 N–H and O–H groups in total. The van der Waals surface area contributed by atoms with E-state index in [2.05, 4.69) is 18.7 Å². The zero-order valence-electron chi connectivity index (χ0n) is 7.71. The highest BCUT2D eigenvalue weighted by atomic mass is 15.3. The lowest BCUT2D eigenvalue weighted by atomic mass is 9.93. The molecule has 1 atom stereocenters. The third-order valence-electron chi connectivity index (χ3n) is 2.95. The van der Waals surface area contributed by atoms with Gasteiger partial charge in [0.05, 0.1) is 0 Å². The van der Waals surface area contributed by atoms with Gasteiger partial charge in [-0.1, -0.05) is 13.8 Å². The van der Waals surface area contributed by atoms with Gasteiger partial charge >= 0.3 is 0 Å². The molecular formula is C10H19N. The third kappa shape index (κ3) is 1.58. The maximum atomic E-state index is 2.72. The van der Waals surface area contributed by atoms with Gasteiger partial charge in [-0.05, 0) is 31.6 Å². The van der Waals surface area contributed by atoms with E-state index in [-0.39, 0.29) is 0 Å². The summed E-state index contributed by atoms with van der Waals surface area (Å²) in [5, 5.41) is 0. The van der Waals surface area contributed by atoms with Crippen LogP contribution < -0.4 is 0 Å². The first-order valence-electron chi connectivity index (χ1n) is 5.03. The first kappa shape index (κ1) is 7.60. The summed E-state index contributed by atoms with van der Waals surface area (Å²) >= 11 is 0. The Morgan fingerprint density at radius 3 is 2.36 bits per heavy atom. The molecule has 64 valence electrons. The molecule has 1 nitrogen and oxygen atoms in total. The van der Waals surface area contributed by atoms with Crippen LogP contribution in [0.1, 0.15) is 39.5 Å². The second kappa shape index (κ2) is 2.78. The molecule has 11 heavy (non-hydrogen) atoms. The quantitative estimate of drug-likeness (QED) is 0.601. The highest BCUT2D eigenvalue weighted by molar-refractivity contribution is 4.94. The van der Waals surface area contributed by atoms with Crippen molar-refractivity contribution in [3.8, 4) is 0 Å². The van der Waals surface area contributed by atoms with Crippen LogP contribution in [0.4, 0.5) is 0 Å². The summed E-state index contributed by atoms with van der Waals surface area (Å²) in [5.41, 5.74) is 0. The highest BCUT2D eigenvalue weighted by Gasteiger charge is 2.39. The molecule has 0 spiro atoms. The molecule has 0 radical (unpaired) electrons. The van der Waals surface area contributed by atoms with Gasteiger partial charge in [0, 0.05) is 18.6 Å². The van der Waals surface area contributed by atoms with Crippen LogP contribution in [0.2, 0.25) is 0 Å². The van der Waals surface area contributed by atoms with E-state index < -0.39 is 0 Å². The lowest BCUT2D eigenvalue weighted by Gasteiger charge is -2.42. The van der Waals surface area contributed by atoms with Gasteiger partial charge < -0.3 is 0 Å². The molecule has 1 saturated carbocycles. The molecular weight excluding hydrogens is 134 g/mol. The lowest BCUT2D eigenvalue weighted by molar-refractivity contribution is 0.0655. The second-order valence-electron chi connectivity index (χ2n) is 4.54. The van der Waals surface area contributed by atoms with E-state index in [0.717, 1.165) is 18.0 Å². The Morgan fingerprint density at radius 1 is 1.27 bits per heavy atom. The van der Waals surface area contributed by atoms with Crippen molar-refractivity contribution in [1.82, 2.24) is 4.90 Å². The number of likely N-dealkylation sites (tertiary alicyclic amines) is 1. The Morgan fingerprint density at radius 2 is 2.00 bits per heavy atom. The van der Waals surface area contributed by atoms with Gasteiger partial charge in [0.25, 0.3) is 0 Å². The summed E-state index contributed by atoms with van der Waals surface area (Å²) in [4.78, 5) is 2.72. The fourth-order valence-corrected chi connectivity index (χ4v) is 2.15. The predicted molar refractivity (Wildman–Crippen MR) is 47.6 cm³/mol. The zero-order chi connectivity index (χ0) is 7.84. The van der Waals surface area contributed by atoms with Crippen molar-refractivity contribution < 1.29 is 0 Å². The summed E-state index contributed by atoms with van der Waals surface area (Å²) < 4.78 is 0. The third-order valence-corrected chi connectivity index (χ3v) is 2.95. The molecule has 1 heteroatoms. The van der Waals surface area contributed by atoms with Gasteiger partial charge in [0.1, 0.15) is 0 Å².